The van der Waals surface area contributed by atoms with Crippen molar-refractivity contribution < 1.29 is 4.79 Å². The molecule has 0 bridgehead atoms. The topological polar surface area (TPSA) is 55.1 Å². The first-order valence-electron chi connectivity index (χ1n) is 5.19. The molecule has 3 nitrogen and oxygen atoms in total. The lowest BCUT2D eigenvalue weighted by atomic mass is 10.1. The number of amides is 1. The predicted octanol–water partition coefficient (Wildman–Crippen LogP) is 1.58. The highest BCUT2D eigenvalue weighted by Crippen LogP contribution is 2.10. The van der Waals surface area contributed by atoms with Crippen molar-refractivity contribution in [3.8, 4) is 0 Å². The van der Waals surface area contributed by atoms with Crippen LogP contribution in [0.2, 0.25) is 0 Å². The Labute approximate surface area is 90.7 Å². The molecule has 0 heterocycles. The highest BCUT2D eigenvalue weighted by Gasteiger charge is 2.05. The molecule has 0 saturated carbocycles. The van der Waals surface area contributed by atoms with E-state index in [1.54, 1.807) is 0 Å². The zero-order valence-electron chi connectivity index (χ0n) is 9.29. The number of nitrogens with one attached hydrogen (secondary N) is 1. The lowest BCUT2D eigenvalue weighted by Gasteiger charge is -2.08. The van der Waals surface area contributed by atoms with E-state index in [0.717, 1.165) is 5.56 Å². The minimum Gasteiger partial charge on any atom is -0.398 e. The van der Waals surface area contributed by atoms with Crippen molar-refractivity contribution in [1.29, 1.82) is 0 Å². The first-order chi connectivity index (χ1) is 7.09. The van der Waals surface area contributed by atoms with Gasteiger partial charge in [-0.1, -0.05) is 32.0 Å². The van der Waals surface area contributed by atoms with Gasteiger partial charge in [0.2, 0.25) is 5.91 Å². The van der Waals surface area contributed by atoms with Gasteiger partial charge in [-0.05, 0) is 17.5 Å². The van der Waals surface area contributed by atoms with E-state index >= 15 is 0 Å². The molecule has 1 aromatic rings. The summed E-state index contributed by atoms with van der Waals surface area (Å²) in [6.07, 6.45) is 0.361. The number of rotatable bonds is 4. The van der Waals surface area contributed by atoms with E-state index < -0.39 is 0 Å². The van der Waals surface area contributed by atoms with Gasteiger partial charge in [0.05, 0.1) is 6.42 Å². The van der Waals surface area contributed by atoms with Crippen molar-refractivity contribution >= 4 is 11.6 Å². The van der Waals surface area contributed by atoms with Crippen LogP contribution in [0, 0.1) is 5.92 Å². The molecule has 3 heteroatoms. The highest BCUT2D eigenvalue weighted by molar-refractivity contribution is 5.80. The van der Waals surface area contributed by atoms with Crippen LogP contribution < -0.4 is 11.1 Å². The Morgan fingerprint density at radius 3 is 2.67 bits per heavy atom. The molecular formula is C12H18N2O. The zero-order valence-corrected chi connectivity index (χ0v) is 9.29. The Balaban J connectivity index is 2.48. The second kappa shape index (κ2) is 5.39. The Hall–Kier alpha value is -1.51. The number of carbonyl (C=O) groups is 1. The maximum Gasteiger partial charge on any atom is 0.224 e. The van der Waals surface area contributed by atoms with Gasteiger partial charge < -0.3 is 11.1 Å². The monoisotopic (exact) mass is 206 g/mol. The molecule has 1 aromatic carbocycles. The molecule has 0 fully saturated rings. The molecule has 0 aliphatic heterocycles. The molecule has 3 N–H and O–H groups in total. The average Bonchev–Trinajstić information content (AvgIpc) is 2.18. The van der Waals surface area contributed by atoms with Gasteiger partial charge in [0, 0.05) is 12.2 Å². The predicted molar refractivity (Wildman–Crippen MR) is 62.4 cm³/mol. The van der Waals surface area contributed by atoms with E-state index in [1.165, 1.54) is 0 Å². The third-order valence-electron chi connectivity index (χ3n) is 2.11. The van der Waals surface area contributed by atoms with Gasteiger partial charge >= 0.3 is 0 Å². The first kappa shape index (κ1) is 11.6. The fraction of sp³-hybridized carbons (Fsp3) is 0.417. The maximum absolute atomic E-state index is 11.5. The van der Waals surface area contributed by atoms with Crippen LogP contribution in [0.1, 0.15) is 19.4 Å². The van der Waals surface area contributed by atoms with E-state index in [1.807, 2.05) is 24.3 Å². The van der Waals surface area contributed by atoms with E-state index in [9.17, 15) is 4.79 Å². The van der Waals surface area contributed by atoms with Crippen LogP contribution in [-0.2, 0) is 11.2 Å². The third kappa shape index (κ3) is 4.02. The summed E-state index contributed by atoms with van der Waals surface area (Å²) in [5, 5.41) is 2.86. The fourth-order valence-electron chi connectivity index (χ4n) is 1.25. The quantitative estimate of drug-likeness (QED) is 0.735. The number of carbonyl (C=O) groups excluding carboxylic acids is 1. The smallest absolute Gasteiger partial charge is 0.224 e. The molecule has 0 saturated heterocycles. The number of hydrogen-bond acceptors (Lipinski definition) is 2. The van der Waals surface area contributed by atoms with Crippen molar-refractivity contribution in [3.05, 3.63) is 29.8 Å². The molecule has 0 spiro atoms. The van der Waals surface area contributed by atoms with Crippen molar-refractivity contribution in [1.82, 2.24) is 5.32 Å². The molecule has 1 amide bonds. The summed E-state index contributed by atoms with van der Waals surface area (Å²) in [5.74, 6) is 0.503. The number of para-hydroxylation sites is 1. The van der Waals surface area contributed by atoms with Crippen LogP contribution >= 0.6 is 0 Å². The minimum absolute atomic E-state index is 0.0293. The number of nitrogens with two attached hydrogens (primary N) is 1. The van der Waals surface area contributed by atoms with Crippen LogP contribution in [-0.4, -0.2) is 12.5 Å². The summed E-state index contributed by atoms with van der Waals surface area (Å²) in [6.45, 7) is 4.85. The average molecular weight is 206 g/mol. The van der Waals surface area contributed by atoms with Crippen molar-refractivity contribution in [2.75, 3.05) is 12.3 Å². The van der Waals surface area contributed by atoms with Crippen molar-refractivity contribution in [2.45, 2.75) is 20.3 Å². The summed E-state index contributed by atoms with van der Waals surface area (Å²) in [4.78, 5) is 11.5. The van der Waals surface area contributed by atoms with E-state index in [4.69, 9.17) is 5.73 Å². The lowest BCUT2D eigenvalue weighted by Crippen LogP contribution is -2.28. The van der Waals surface area contributed by atoms with Crippen molar-refractivity contribution in [3.63, 3.8) is 0 Å². The molecule has 15 heavy (non-hydrogen) atoms. The van der Waals surface area contributed by atoms with Crippen LogP contribution in [0.3, 0.4) is 0 Å². The molecule has 82 valence electrons. The fourth-order valence-corrected chi connectivity index (χ4v) is 1.25. The van der Waals surface area contributed by atoms with Gasteiger partial charge in [-0.25, -0.2) is 0 Å². The SMILES string of the molecule is CC(C)CNC(=O)Cc1ccccc1N. The summed E-state index contributed by atoms with van der Waals surface area (Å²) < 4.78 is 0. The Kier molecular flexibility index (Phi) is 4.16. The van der Waals surface area contributed by atoms with Gasteiger partial charge in [-0.3, -0.25) is 4.79 Å². The van der Waals surface area contributed by atoms with Gasteiger partial charge in [-0.2, -0.15) is 0 Å². The maximum atomic E-state index is 11.5. The highest BCUT2D eigenvalue weighted by atomic mass is 16.1. The van der Waals surface area contributed by atoms with Gasteiger partial charge in [0.25, 0.3) is 0 Å². The number of benzene rings is 1. The second-order valence-corrected chi connectivity index (χ2v) is 4.07. The number of nitrogen functional groups attached to an aromatic ring is 1. The van der Waals surface area contributed by atoms with Gasteiger partial charge in [0.15, 0.2) is 0 Å². The summed E-state index contributed by atoms with van der Waals surface area (Å²) in [7, 11) is 0. The van der Waals surface area contributed by atoms with Gasteiger partial charge in [-0.15, -0.1) is 0 Å². The summed E-state index contributed by atoms with van der Waals surface area (Å²) in [6, 6.07) is 7.45. The van der Waals surface area contributed by atoms with Crippen LogP contribution in [0.5, 0.6) is 0 Å². The molecule has 0 aliphatic rings. The molecule has 0 atom stereocenters. The summed E-state index contributed by atoms with van der Waals surface area (Å²) >= 11 is 0. The molecule has 0 aromatic heterocycles. The third-order valence-corrected chi connectivity index (χ3v) is 2.11. The minimum atomic E-state index is 0.0293. The second-order valence-electron chi connectivity index (χ2n) is 4.07. The molecule has 0 radical (unpaired) electrons. The van der Waals surface area contributed by atoms with Gasteiger partial charge in [0.1, 0.15) is 0 Å². The zero-order chi connectivity index (χ0) is 11.3. The van der Waals surface area contributed by atoms with Crippen LogP contribution in [0.25, 0.3) is 0 Å². The molecule has 0 aliphatic carbocycles. The number of hydrogen-bond donors (Lipinski definition) is 2. The van der Waals surface area contributed by atoms with Crippen LogP contribution in [0.4, 0.5) is 5.69 Å². The van der Waals surface area contributed by atoms with Crippen LogP contribution in [0.15, 0.2) is 24.3 Å². The van der Waals surface area contributed by atoms with E-state index in [2.05, 4.69) is 19.2 Å². The Morgan fingerprint density at radius 2 is 2.07 bits per heavy atom. The molecule has 1 rings (SSSR count). The Morgan fingerprint density at radius 1 is 1.40 bits per heavy atom. The molecular weight excluding hydrogens is 188 g/mol. The number of anilines is 1. The van der Waals surface area contributed by atoms with E-state index in [-0.39, 0.29) is 5.91 Å². The molecule has 0 unspecified atom stereocenters. The summed E-state index contributed by atoms with van der Waals surface area (Å²) in [5.41, 5.74) is 7.31. The van der Waals surface area contributed by atoms with E-state index in [0.29, 0.717) is 24.6 Å². The Bertz CT molecular complexity index is 334. The first-order valence-corrected chi connectivity index (χ1v) is 5.19. The largest absolute Gasteiger partial charge is 0.398 e. The van der Waals surface area contributed by atoms with Crippen molar-refractivity contribution in [2.24, 2.45) is 5.92 Å². The lowest BCUT2D eigenvalue weighted by molar-refractivity contribution is -0.120. The normalized spacial score (nSPS) is 10.3. The standard InChI is InChI=1S/C12H18N2O/c1-9(2)8-14-12(15)7-10-5-3-4-6-11(10)13/h3-6,9H,7-8,13H2,1-2H3,(H,14,15).